The summed E-state index contributed by atoms with van der Waals surface area (Å²) in [6.45, 7) is 4.10. The lowest BCUT2D eigenvalue weighted by Gasteiger charge is -2.07. The highest BCUT2D eigenvalue weighted by molar-refractivity contribution is 8.18. The van der Waals surface area contributed by atoms with Gasteiger partial charge in [-0.2, -0.15) is 0 Å². The van der Waals surface area contributed by atoms with Gasteiger partial charge >= 0.3 is 5.97 Å². The van der Waals surface area contributed by atoms with Crippen molar-refractivity contribution in [2.75, 3.05) is 13.7 Å². The molecule has 1 aliphatic rings. The van der Waals surface area contributed by atoms with Crippen LogP contribution < -0.4 is 0 Å². The second kappa shape index (κ2) is 9.28. The summed E-state index contributed by atoms with van der Waals surface area (Å²) in [6, 6.07) is 18.5. The molecule has 1 amide bonds. The van der Waals surface area contributed by atoms with Crippen LogP contribution in [0.15, 0.2) is 75.0 Å². The maximum atomic E-state index is 12.7. The third-order valence-electron chi connectivity index (χ3n) is 4.82. The minimum absolute atomic E-state index is 0.136. The van der Waals surface area contributed by atoms with E-state index in [-0.39, 0.29) is 11.9 Å². The number of ether oxygens (including phenoxy) is 1. The van der Waals surface area contributed by atoms with E-state index >= 15 is 0 Å². The molecule has 0 radical (unpaired) electrons. The van der Waals surface area contributed by atoms with Crippen molar-refractivity contribution in [1.82, 2.24) is 4.90 Å². The van der Waals surface area contributed by atoms with Gasteiger partial charge in [-0.25, -0.2) is 9.79 Å². The van der Waals surface area contributed by atoms with Gasteiger partial charge in [-0.3, -0.25) is 9.69 Å². The number of hydrogen-bond acceptors (Lipinski definition) is 6. The van der Waals surface area contributed by atoms with E-state index in [0.29, 0.717) is 33.8 Å². The fourth-order valence-electron chi connectivity index (χ4n) is 3.11. The summed E-state index contributed by atoms with van der Waals surface area (Å²) in [6.07, 6.45) is 1.71. The van der Waals surface area contributed by atoms with E-state index in [4.69, 9.17) is 9.15 Å². The summed E-state index contributed by atoms with van der Waals surface area (Å²) in [4.78, 5) is 31.3. The lowest BCUT2D eigenvalue weighted by Crippen LogP contribution is -2.23. The van der Waals surface area contributed by atoms with Crippen LogP contribution in [0.3, 0.4) is 0 Å². The normalized spacial score (nSPS) is 16.2. The van der Waals surface area contributed by atoms with Gasteiger partial charge in [0, 0.05) is 18.7 Å². The molecule has 0 aliphatic carbocycles. The van der Waals surface area contributed by atoms with Crippen LogP contribution >= 0.6 is 11.8 Å². The molecule has 1 aliphatic heterocycles. The van der Waals surface area contributed by atoms with Crippen molar-refractivity contribution in [3.8, 4) is 11.3 Å². The molecule has 3 aromatic rings. The molecule has 7 heteroatoms. The van der Waals surface area contributed by atoms with Crippen molar-refractivity contribution >= 4 is 40.6 Å². The summed E-state index contributed by atoms with van der Waals surface area (Å²) in [5.41, 5.74) is 3.16. The number of aliphatic imine (C=N–C) groups is 1. The zero-order valence-corrected chi connectivity index (χ0v) is 18.8. The number of furan rings is 1. The van der Waals surface area contributed by atoms with Crippen LogP contribution in [0.4, 0.5) is 5.69 Å². The highest BCUT2D eigenvalue weighted by atomic mass is 32.2. The van der Waals surface area contributed by atoms with Crippen LogP contribution in [0.2, 0.25) is 0 Å². The quantitative estimate of drug-likeness (QED) is 0.373. The van der Waals surface area contributed by atoms with Crippen molar-refractivity contribution in [3.05, 3.63) is 82.5 Å². The number of nitrogens with zero attached hydrogens (tertiary/aromatic N) is 2. The Morgan fingerprint density at radius 3 is 2.69 bits per heavy atom. The number of hydrogen-bond donors (Lipinski definition) is 0. The minimum atomic E-state index is -0.375. The molecule has 162 valence electrons. The molecule has 1 saturated heterocycles. The fourth-order valence-corrected chi connectivity index (χ4v) is 4.08. The number of benzene rings is 2. The first-order chi connectivity index (χ1) is 15.4. The van der Waals surface area contributed by atoms with Gasteiger partial charge in [-0.15, -0.1) is 0 Å². The van der Waals surface area contributed by atoms with Crippen LogP contribution in [0.5, 0.6) is 0 Å². The van der Waals surface area contributed by atoms with Crippen LogP contribution in [0, 0.1) is 6.92 Å². The standard InChI is InChI=1S/C25H22N2O4S/c1-4-30-24(29)18-7-5-6-17(14-18)21-13-12-20(31-21)15-22-23(28)27(3)25(32-22)26-19-10-8-16(2)9-11-19/h5-15H,4H2,1-3H3/b22-15+,26-25?. The van der Waals surface area contributed by atoms with Crippen LogP contribution in [0.1, 0.15) is 28.6 Å². The van der Waals surface area contributed by atoms with Crippen molar-refractivity contribution in [1.29, 1.82) is 0 Å². The number of esters is 1. The molecule has 0 unspecified atom stereocenters. The average Bonchev–Trinajstić information content (AvgIpc) is 3.36. The number of likely N-dealkylation sites (N-methyl/N-ethyl adjacent to an activating group) is 1. The van der Waals surface area contributed by atoms with E-state index in [1.165, 1.54) is 16.7 Å². The van der Waals surface area contributed by atoms with E-state index in [1.54, 1.807) is 44.3 Å². The Balaban J connectivity index is 1.55. The summed E-state index contributed by atoms with van der Waals surface area (Å²) in [5.74, 6) is 0.630. The highest BCUT2D eigenvalue weighted by Gasteiger charge is 2.30. The first kappa shape index (κ1) is 21.6. The molecule has 6 nitrogen and oxygen atoms in total. The molecular weight excluding hydrogens is 424 g/mol. The monoisotopic (exact) mass is 446 g/mol. The van der Waals surface area contributed by atoms with Gasteiger partial charge in [0.05, 0.1) is 22.8 Å². The molecule has 0 atom stereocenters. The predicted octanol–water partition coefficient (Wildman–Crippen LogP) is 5.67. The molecule has 0 spiro atoms. The van der Waals surface area contributed by atoms with Gasteiger partial charge in [-0.1, -0.05) is 29.8 Å². The third-order valence-corrected chi connectivity index (χ3v) is 5.88. The Labute approximate surface area is 190 Å². The summed E-state index contributed by atoms with van der Waals surface area (Å²) >= 11 is 1.30. The summed E-state index contributed by atoms with van der Waals surface area (Å²) < 4.78 is 11.0. The SMILES string of the molecule is CCOC(=O)c1cccc(-c2ccc(/C=C3/SC(=Nc4ccc(C)cc4)N(C)C3=O)o2)c1. The van der Waals surface area contributed by atoms with Crippen LogP contribution in [-0.4, -0.2) is 35.6 Å². The Hall–Kier alpha value is -3.58. The second-order valence-corrected chi connectivity index (χ2v) is 8.22. The molecule has 0 saturated carbocycles. The van der Waals surface area contributed by atoms with Crippen molar-refractivity contribution in [2.45, 2.75) is 13.8 Å². The fraction of sp³-hybridized carbons (Fsp3) is 0.160. The minimum Gasteiger partial charge on any atom is -0.462 e. The lowest BCUT2D eigenvalue weighted by molar-refractivity contribution is -0.121. The summed E-state index contributed by atoms with van der Waals surface area (Å²) in [5, 5.41) is 0.610. The number of aryl methyl sites for hydroxylation is 1. The van der Waals surface area contributed by atoms with E-state index in [2.05, 4.69) is 4.99 Å². The maximum absolute atomic E-state index is 12.7. The highest BCUT2D eigenvalue weighted by Crippen LogP contribution is 2.34. The Morgan fingerprint density at radius 1 is 1.16 bits per heavy atom. The second-order valence-electron chi connectivity index (χ2n) is 7.21. The average molecular weight is 447 g/mol. The first-order valence-corrected chi connectivity index (χ1v) is 11.0. The molecule has 2 heterocycles. The lowest BCUT2D eigenvalue weighted by atomic mass is 10.1. The Bertz CT molecular complexity index is 1220. The zero-order valence-electron chi connectivity index (χ0n) is 18.0. The van der Waals surface area contributed by atoms with Gasteiger partial charge in [0.1, 0.15) is 11.5 Å². The topological polar surface area (TPSA) is 72.1 Å². The number of thioether (sulfide) groups is 1. The molecule has 4 rings (SSSR count). The van der Waals surface area contributed by atoms with E-state index in [0.717, 1.165) is 16.8 Å². The molecule has 1 aromatic heterocycles. The van der Waals surface area contributed by atoms with Crippen LogP contribution in [-0.2, 0) is 9.53 Å². The van der Waals surface area contributed by atoms with Crippen molar-refractivity contribution in [2.24, 2.45) is 4.99 Å². The smallest absolute Gasteiger partial charge is 0.338 e. The van der Waals surface area contributed by atoms with E-state index < -0.39 is 0 Å². The van der Waals surface area contributed by atoms with Gasteiger partial charge in [0.25, 0.3) is 5.91 Å². The molecule has 1 fully saturated rings. The number of carbonyl (C=O) groups is 2. The van der Waals surface area contributed by atoms with Crippen molar-refractivity contribution in [3.63, 3.8) is 0 Å². The number of carbonyl (C=O) groups excluding carboxylic acids is 2. The largest absolute Gasteiger partial charge is 0.462 e. The van der Waals surface area contributed by atoms with Gasteiger partial charge in [0.2, 0.25) is 0 Å². The molecule has 32 heavy (non-hydrogen) atoms. The first-order valence-electron chi connectivity index (χ1n) is 10.1. The predicted molar refractivity (Wildman–Crippen MR) is 127 cm³/mol. The molecule has 0 N–H and O–H groups in total. The Morgan fingerprint density at radius 2 is 1.94 bits per heavy atom. The van der Waals surface area contributed by atoms with Gasteiger partial charge in [-0.05, 0) is 62.0 Å². The number of amidine groups is 1. The number of amides is 1. The molecule has 0 bridgehead atoms. The summed E-state index contributed by atoms with van der Waals surface area (Å²) in [7, 11) is 1.71. The molecular formula is C25H22N2O4S. The van der Waals surface area contributed by atoms with Crippen LogP contribution in [0.25, 0.3) is 17.4 Å². The van der Waals surface area contributed by atoms with Crippen molar-refractivity contribution < 1.29 is 18.7 Å². The Kier molecular flexibility index (Phi) is 6.28. The van der Waals surface area contributed by atoms with E-state index in [1.807, 2.05) is 43.3 Å². The zero-order chi connectivity index (χ0) is 22.7. The van der Waals surface area contributed by atoms with Gasteiger partial charge < -0.3 is 9.15 Å². The molecule has 2 aromatic carbocycles. The van der Waals surface area contributed by atoms with E-state index in [9.17, 15) is 9.59 Å². The number of rotatable bonds is 5. The van der Waals surface area contributed by atoms with Gasteiger partial charge in [0.15, 0.2) is 5.17 Å². The third kappa shape index (κ3) is 4.68. The maximum Gasteiger partial charge on any atom is 0.338 e.